The SMILES string of the molecule is Nc1ccc(OC[C@@H]2CCCCO2)nc1. The number of pyridine rings is 1. The third kappa shape index (κ3) is 3.09. The molecule has 15 heavy (non-hydrogen) atoms. The Hall–Kier alpha value is -1.29. The first kappa shape index (κ1) is 10.2. The van der Waals surface area contributed by atoms with Gasteiger partial charge in [0.05, 0.1) is 18.0 Å². The molecule has 0 radical (unpaired) electrons. The van der Waals surface area contributed by atoms with E-state index < -0.39 is 0 Å². The third-order valence-corrected chi connectivity index (χ3v) is 2.45. The number of anilines is 1. The Labute approximate surface area is 89.4 Å². The van der Waals surface area contributed by atoms with Gasteiger partial charge >= 0.3 is 0 Å². The van der Waals surface area contributed by atoms with Crippen LogP contribution in [-0.2, 0) is 4.74 Å². The second-order valence-corrected chi connectivity index (χ2v) is 3.73. The molecule has 0 aromatic carbocycles. The van der Waals surface area contributed by atoms with E-state index >= 15 is 0 Å². The summed E-state index contributed by atoms with van der Waals surface area (Å²) in [6.07, 6.45) is 5.28. The zero-order valence-corrected chi connectivity index (χ0v) is 8.69. The molecule has 2 N–H and O–H groups in total. The van der Waals surface area contributed by atoms with Gasteiger partial charge in [0.2, 0.25) is 5.88 Å². The van der Waals surface area contributed by atoms with Gasteiger partial charge in [0, 0.05) is 12.7 Å². The quantitative estimate of drug-likeness (QED) is 0.819. The summed E-state index contributed by atoms with van der Waals surface area (Å²) in [5, 5.41) is 0. The predicted octanol–water partition coefficient (Wildman–Crippen LogP) is 1.61. The molecule has 0 amide bonds. The van der Waals surface area contributed by atoms with Crippen LogP contribution in [0.4, 0.5) is 5.69 Å². The topological polar surface area (TPSA) is 57.4 Å². The van der Waals surface area contributed by atoms with Crippen LogP contribution in [0.5, 0.6) is 5.88 Å². The minimum Gasteiger partial charge on any atom is -0.475 e. The monoisotopic (exact) mass is 208 g/mol. The van der Waals surface area contributed by atoms with Crippen molar-refractivity contribution in [1.29, 1.82) is 0 Å². The summed E-state index contributed by atoms with van der Waals surface area (Å²) in [5.41, 5.74) is 6.17. The van der Waals surface area contributed by atoms with Crippen molar-refractivity contribution in [2.45, 2.75) is 25.4 Å². The molecular weight excluding hydrogens is 192 g/mol. The molecular formula is C11H16N2O2. The number of nitrogen functional groups attached to an aromatic ring is 1. The molecule has 0 saturated carbocycles. The highest BCUT2D eigenvalue weighted by atomic mass is 16.5. The molecule has 2 heterocycles. The molecule has 0 bridgehead atoms. The Bertz CT molecular complexity index is 294. The van der Waals surface area contributed by atoms with E-state index in [9.17, 15) is 0 Å². The van der Waals surface area contributed by atoms with Gasteiger partial charge in [-0.3, -0.25) is 0 Å². The molecule has 0 spiro atoms. The maximum Gasteiger partial charge on any atom is 0.213 e. The van der Waals surface area contributed by atoms with Gasteiger partial charge in [0.15, 0.2) is 0 Å². The highest BCUT2D eigenvalue weighted by Gasteiger charge is 2.14. The van der Waals surface area contributed by atoms with Crippen LogP contribution in [0.2, 0.25) is 0 Å². The Balaban J connectivity index is 1.79. The van der Waals surface area contributed by atoms with E-state index in [4.69, 9.17) is 15.2 Å². The summed E-state index contributed by atoms with van der Waals surface area (Å²) in [6.45, 7) is 1.43. The molecule has 1 atom stereocenters. The van der Waals surface area contributed by atoms with Crippen molar-refractivity contribution < 1.29 is 9.47 Å². The Morgan fingerprint density at radius 3 is 3.07 bits per heavy atom. The minimum absolute atomic E-state index is 0.220. The molecule has 1 fully saturated rings. The van der Waals surface area contributed by atoms with E-state index in [1.165, 1.54) is 6.42 Å². The number of nitrogens with two attached hydrogens (primary N) is 1. The van der Waals surface area contributed by atoms with Crippen LogP contribution in [-0.4, -0.2) is 24.3 Å². The first-order chi connectivity index (χ1) is 7.34. The standard InChI is InChI=1S/C11H16N2O2/c12-9-4-5-11(13-7-9)15-8-10-3-1-2-6-14-10/h4-5,7,10H,1-3,6,8,12H2/t10-/m0/s1. The van der Waals surface area contributed by atoms with Gasteiger partial charge in [-0.05, 0) is 25.3 Å². The van der Waals surface area contributed by atoms with Crippen molar-refractivity contribution in [2.24, 2.45) is 0 Å². The molecule has 4 nitrogen and oxygen atoms in total. The van der Waals surface area contributed by atoms with Crippen LogP contribution < -0.4 is 10.5 Å². The second-order valence-electron chi connectivity index (χ2n) is 3.73. The van der Waals surface area contributed by atoms with Gasteiger partial charge in [-0.2, -0.15) is 0 Å². The average Bonchev–Trinajstić information content (AvgIpc) is 2.30. The number of aromatic nitrogens is 1. The van der Waals surface area contributed by atoms with Crippen molar-refractivity contribution in [3.63, 3.8) is 0 Å². The van der Waals surface area contributed by atoms with E-state index in [1.54, 1.807) is 18.3 Å². The Kier molecular flexibility index (Phi) is 3.40. The molecule has 1 aromatic heterocycles. The molecule has 0 unspecified atom stereocenters. The number of hydrogen-bond acceptors (Lipinski definition) is 4. The summed E-state index contributed by atoms with van der Waals surface area (Å²) in [5.74, 6) is 0.610. The van der Waals surface area contributed by atoms with Crippen LogP contribution in [0.25, 0.3) is 0 Å². The lowest BCUT2D eigenvalue weighted by atomic mass is 10.1. The van der Waals surface area contributed by atoms with Crippen molar-refractivity contribution in [2.75, 3.05) is 18.9 Å². The van der Waals surface area contributed by atoms with Gasteiger partial charge in [0.25, 0.3) is 0 Å². The summed E-state index contributed by atoms with van der Waals surface area (Å²) in [7, 11) is 0. The first-order valence-electron chi connectivity index (χ1n) is 5.30. The fraction of sp³-hybridized carbons (Fsp3) is 0.545. The van der Waals surface area contributed by atoms with Gasteiger partial charge in [0.1, 0.15) is 6.61 Å². The van der Waals surface area contributed by atoms with E-state index in [0.717, 1.165) is 19.4 Å². The van der Waals surface area contributed by atoms with E-state index in [2.05, 4.69) is 4.98 Å². The van der Waals surface area contributed by atoms with Gasteiger partial charge in [-0.15, -0.1) is 0 Å². The maximum atomic E-state index is 5.55. The van der Waals surface area contributed by atoms with E-state index in [-0.39, 0.29) is 6.10 Å². The highest BCUT2D eigenvalue weighted by molar-refractivity contribution is 5.35. The third-order valence-electron chi connectivity index (χ3n) is 2.45. The lowest BCUT2D eigenvalue weighted by Gasteiger charge is -2.22. The number of ether oxygens (including phenoxy) is 2. The van der Waals surface area contributed by atoms with Gasteiger partial charge in [-0.1, -0.05) is 0 Å². The molecule has 1 aliphatic rings. The Morgan fingerprint density at radius 1 is 1.47 bits per heavy atom. The number of rotatable bonds is 3. The van der Waals surface area contributed by atoms with Crippen LogP contribution in [0.1, 0.15) is 19.3 Å². The van der Waals surface area contributed by atoms with Crippen LogP contribution >= 0.6 is 0 Å². The number of nitrogens with zero attached hydrogens (tertiary/aromatic N) is 1. The molecule has 1 saturated heterocycles. The first-order valence-corrected chi connectivity index (χ1v) is 5.30. The van der Waals surface area contributed by atoms with Gasteiger partial charge in [-0.25, -0.2) is 4.98 Å². The van der Waals surface area contributed by atoms with Crippen LogP contribution in [0.3, 0.4) is 0 Å². The van der Waals surface area contributed by atoms with Crippen molar-refractivity contribution in [3.05, 3.63) is 18.3 Å². The molecule has 1 aromatic rings. The average molecular weight is 208 g/mol. The van der Waals surface area contributed by atoms with Crippen molar-refractivity contribution >= 4 is 5.69 Å². The molecule has 2 rings (SSSR count). The zero-order valence-electron chi connectivity index (χ0n) is 8.69. The van der Waals surface area contributed by atoms with Crippen molar-refractivity contribution in [3.8, 4) is 5.88 Å². The lowest BCUT2D eigenvalue weighted by molar-refractivity contribution is -0.0119. The zero-order chi connectivity index (χ0) is 10.5. The molecule has 1 aliphatic heterocycles. The molecule has 0 aliphatic carbocycles. The predicted molar refractivity (Wildman–Crippen MR) is 57.7 cm³/mol. The maximum absolute atomic E-state index is 5.55. The van der Waals surface area contributed by atoms with Crippen LogP contribution in [0.15, 0.2) is 18.3 Å². The Morgan fingerprint density at radius 2 is 2.40 bits per heavy atom. The number of hydrogen-bond donors (Lipinski definition) is 1. The van der Waals surface area contributed by atoms with Gasteiger partial charge < -0.3 is 15.2 Å². The fourth-order valence-corrected chi connectivity index (χ4v) is 1.59. The largest absolute Gasteiger partial charge is 0.475 e. The second kappa shape index (κ2) is 4.98. The summed E-state index contributed by atoms with van der Waals surface area (Å²) in [4.78, 5) is 4.06. The van der Waals surface area contributed by atoms with E-state index in [0.29, 0.717) is 18.2 Å². The molecule has 82 valence electrons. The highest BCUT2D eigenvalue weighted by Crippen LogP contribution is 2.14. The smallest absolute Gasteiger partial charge is 0.213 e. The normalized spacial score (nSPS) is 21.2. The summed E-state index contributed by atoms with van der Waals surface area (Å²) in [6, 6.07) is 3.56. The van der Waals surface area contributed by atoms with Crippen molar-refractivity contribution in [1.82, 2.24) is 4.98 Å². The van der Waals surface area contributed by atoms with Crippen LogP contribution in [0, 0.1) is 0 Å². The van der Waals surface area contributed by atoms with E-state index in [1.807, 2.05) is 0 Å². The molecule has 4 heteroatoms. The minimum atomic E-state index is 0.220. The fourth-order valence-electron chi connectivity index (χ4n) is 1.59. The lowest BCUT2D eigenvalue weighted by Crippen LogP contribution is -2.25. The summed E-state index contributed by atoms with van der Waals surface area (Å²) >= 11 is 0. The summed E-state index contributed by atoms with van der Waals surface area (Å²) < 4.78 is 11.1.